The molecule has 0 fully saturated rings. The van der Waals surface area contributed by atoms with Gasteiger partial charge in [-0.05, 0) is 72.5 Å². The van der Waals surface area contributed by atoms with Crippen LogP contribution in [0, 0.1) is 6.92 Å². The molecule has 4 aromatic carbocycles. The van der Waals surface area contributed by atoms with Crippen LogP contribution in [0.25, 0.3) is 10.8 Å². The SMILES string of the molecule is Cc1cccc(N(CCN2C(=O)c3cccc4c(Br)ccc(c34)C2=O)C(=O)c2ccc(Br)cc2)c1. The molecule has 4 aromatic rings. The zero-order valence-corrected chi connectivity index (χ0v) is 22.0. The summed E-state index contributed by atoms with van der Waals surface area (Å²) in [7, 11) is 0. The third kappa shape index (κ3) is 4.30. The van der Waals surface area contributed by atoms with Crippen LogP contribution in [-0.2, 0) is 0 Å². The molecular weight excluding hydrogens is 572 g/mol. The highest BCUT2D eigenvalue weighted by Gasteiger charge is 2.33. The molecule has 3 amide bonds. The number of benzene rings is 4. The maximum atomic E-state index is 13.5. The van der Waals surface area contributed by atoms with Crippen LogP contribution in [0.4, 0.5) is 5.69 Å². The Hall–Kier alpha value is -3.29. The zero-order chi connectivity index (χ0) is 24.7. The first-order valence-corrected chi connectivity index (χ1v) is 12.7. The molecule has 0 aliphatic carbocycles. The maximum absolute atomic E-state index is 13.5. The largest absolute Gasteiger partial charge is 0.307 e. The van der Waals surface area contributed by atoms with E-state index in [1.165, 1.54) is 4.90 Å². The fourth-order valence-corrected chi connectivity index (χ4v) is 5.13. The average Bonchev–Trinajstić information content (AvgIpc) is 2.85. The third-order valence-electron chi connectivity index (χ3n) is 6.14. The molecule has 0 radical (unpaired) electrons. The van der Waals surface area contributed by atoms with Crippen LogP contribution in [0.3, 0.4) is 0 Å². The monoisotopic (exact) mass is 590 g/mol. The lowest BCUT2D eigenvalue weighted by Gasteiger charge is -2.30. The van der Waals surface area contributed by atoms with Gasteiger partial charge in [-0.15, -0.1) is 0 Å². The summed E-state index contributed by atoms with van der Waals surface area (Å²) in [5, 5.41) is 1.49. The first-order chi connectivity index (χ1) is 16.8. The van der Waals surface area contributed by atoms with E-state index in [4.69, 9.17) is 0 Å². The lowest BCUT2D eigenvalue weighted by Crippen LogP contribution is -2.46. The van der Waals surface area contributed by atoms with Gasteiger partial charge in [0.15, 0.2) is 0 Å². The number of anilines is 1. The van der Waals surface area contributed by atoms with Crippen LogP contribution < -0.4 is 4.90 Å². The molecule has 35 heavy (non-hydrogen) atoms. The van der Waals surface area contributed by atoms with E-state index in [0.717, 1.165) is 19.9 Å². The number of carbonyl (C=O) groups excluding carboxylic acids is 3. The summed E-state index contributed by atoms with van der Waals surface area (Å²) < 4.78 is 1.71. The summed E-state index contributed by atoms with van der Waals surface area (Å²) in [5.41, 5.74) is 3.21. The first kappa shape index (κ1) is 23.5. The molecule has 5 rings (SSSR count). The van der Waals surface area contributed by atoms with Crippen molar-refractivity contribution in [3.8, 4) is 0 Å². The number of halogens is 2. The van der Waals surface area contributed by atoms with Crippen molar-refractivity contribution in [1.82, 2.24) is 4.90 Å². The van der Waals surface area contributed by atoms with E-state index in [1.54, 1.807) is 29.2 Å². The Morgan fingerprint density at radius 1 is 0.857 bits per heavy atom. The highest BCUT2D eigenvalue weighted by atomic mass is 79.9. The molecule has 0 saturated carbocycles. The van der Waals surface area contributed by atoms with Crippen molar-refractivity contribution in [1.29, 1.82) is 0 Å². The van der Waals surface area contributed by atoms with Crippen molar-refractivity contribution in [2.75, 3.05) is 18.0 Å². The molecule has 0 bridgehead atoms. The molecule has 0 atom stereocenters. The molecule has 1 heterocycles. The van der Waals surface area contributed by atoms with Gasteiger partial charge in [0.1, 0.15) is 0 Å². The third-order valence-corrected chi connectivity index (χ3v) is 7.36. The molecule has 7 heteroatoms. The molecule has 5 nitrogen and oxygen atoms in total. The highest BCUT2D eigenvalue weighted by molar-refractivity contribution is 9.11. The average molecular weight is 592 g/mol. The minimum absolute atomic E-state index is 0.0692. The summed E-state index contributed by atoms with van der Waals surface area (Å²) in [5.74, 6) is -0.913. The molecule has 0 spiro atoms. The Bertz CT molecular complexity index is 1480. The quantitative estimate of drug-likeness (QED) is 0.245. The normalized spacial score (nSPS) is 12.8. The molecule has 0 N–H and O–H groups in total. The summed E-state index contributed by atoms with van der Waals surface area (Å²) in [6, 6.07) is 23.8. The second-order valence-corrected chi connectivity index (χ2v) is 10.2. The van der Waals surface area contributed by atoms with E-state index in [9.17, 15) is 14.4 Å². The van der Waals surface area contributed by atoms with Gasteiger partial charge in [0.2, 0.25) is 0 Å². The van der Waals surface area contributed by atoms with E-state index in [-0.39, 0.29) is 30.8 Å². The van der Waals surface area contributed by atoms with Crippen LogP contribution in [0.1, 0.15) is 36.6 Å². The lowest BCUT2D eigenvalue weighted by molar-refractivity contribution is 0.0611. The Morgan fingerprint density at radius 3 is 2.26 bits per heavy atom. The van der Waals surface area contributed by atoms with Crippen LogP contribution in [0.5, 0.6) is 0 Å². The molecule has 1 aliphatic heterocycles. The number of amides is 3. The Morgan fingerprint density at radius 2 is 1.54 bits per heavy atom. The van der Waals surface area contributed by atoms with Gasteiger partial charge in [-0.3, -0.25) is 19.3 Å². The Balaban J connectivity index is 1.48. The molecule has 0 unspecified atom stereocenters. The van der Waals surface area contributed by atoms with Crippen molar-refractivity contribution in [3.05, 3.63) is 110 Å². The van der Waals surface area contributed by atoms with Gasteiger partial charge in [0.25, 0.3) is 17.7 Å². The second kappa shape index (κ2) is 9.40. The summed E-state index contributed by atoms with van der Waals surface area (Å²) in [4.78, 5) is 43.1. The zero-order valence-electron chi connectivity index (χ0n) is 18.8. The van der Waals surface area contributed by atoms with Crippen LogP contribution >= 0.6 is 31.9 Å². The lowest BCUT2D eigenvalue weighted by atomic mass is 9.94. The Labute approximate surface area is 219 Å². The smallest absolute Gasteiger partial charge is 0.261 e. The number of aryl methyl sites for hydroxylation is 1. The van der Waals surface area contributed by atoms with Crippen molar-refractivity contribution in [2.24, 2.45) is 0 Å². The summed E-state index contributed by atoms with van der Waals surface area (Å²) in [6.07, 6.45) is 0. The van der Waals surface area contributed by atoms with Crippen LogP contribution in [0.2, 0.25) is 0 Å². The summed E-state index contributed by atoms with van der Waals surface area (Å²) >= 11 is 6.92. The minimum Gasteiger partial charge on any atom is -0.307 e. The standard InChI is InChI=1S/C28H20Br2N2O3/c1-17-4-2-5-20(16-17)31(26(33)18-8-10-19(29)11-9-18)14-15-32-27(34)22-7-3-6-21-24(30)13-12-23(25(21)22)28(32)35/h2-13,16H,14-15H2,1H3. The predicted molar refractivity (Wildman–Crippen MR) is 144 cm³/mol. The van der Waals surface area contributed by atoms with Gasteiger partial charge in [0.05, 0.1) is 0 Å². The van der Waals surface area contributed by atoms with Crippen molar-refractivity contribution < 1.29 is 14.4 Å². The second-order valence-electron chi connectivity index (χ2n) is 8.39. The topological polar surface area (TPSA) is 57.7 Å². The molecule has 0 saturated heterocycles. The van der Waals surface area contributed by atoms with E-state index in [2.05, 4.69) is 31.9 Å². The van der Waals surface area contributed by atoms with Crippen LogP contribution in [0.15, 0.2) is 87.8 Å². The van der Waals surface area contributed by atoms with Gasteiger partial charge in [-0.25, -0.2) is 0 Å². The molecule has 0 aromatic heterocycles. The van der Waals surface area contributed by atoms with E-state index < -0.39 is 0 Å². The fraction of sp³-hybridized carbons (Fsp3) is 0.107. The fourth-order valence-electron chi connectivity index (χ4n) is 4.41. The highest BCUT2D eigenvalue weighted by Crippen LogP contribution is 2.34. The van der Waals surface area contributed by atoms with Gasteiger partial charge >= 0.3 is 0 Å². The molecule has 1 aliphatic rings. The maximum Gasteiger partial charge on any atom is 0.261 e. The van der Waals surface area contributed by atoms with E-state index in [0.29, 0.717) is 27.8 Å². The van der Waals surface area contributed by atoms with E-state index in [1.807, 2.05) is 61.5 Å². The predicted octanol–water partition coefficient (Wildman–Crippen LogP) is 6.62. The summed E-state index contributed by atoms with van der Waals surface area (Å²) in [6.45, 7) is 2.19. The number of rotatable bonds is 5. The van der Waals surface area contributed by atoms with Crippen molar-refractivity contribution in [3.63, 3.8) is 0 Å². The minimum atomic E-state index is -0.355. The van der Waals surface area contributed by atoms with Crippen LogP contribution in [-0.4, -0.2) is 35.7 Å². The van der Waals surface area contributed by atoms with Crippen molar-refractivity contribution >= 4 is 66.0 Å². The van der Waals surface area contributed by atoms with Gasteiger partial charge in [-0.1, -0.05) is 56.1 Å². The van der Waals surface area contributed by atoms with Gasteiger partial charge in [0, 0.05) is 49.8 Å². The number of hydrogen-bond donors (Lipinski definition) is 0. The first-order valence-electron chi connectivity index (χ1n) is 11.1. The Kier molecular flexibility index (Phi) is 6.30. The molecule has 174 valence electrons. The van der Waals surface area contributed by atoms with E-state index >= 15 is 0 Å². The number of nitrogens with zero attached hydrogens (tertiary/aromatic N) is 2. The van der Waals surface area contributed by atoms with Crippen molar-refractivity contribution in [2.45, 2.75) is 6.92 Å². The van der Waals surface area contributed by atoms with Gasteiger partial charge in [-0.2, -0.15) is 0 Å². The van der Waals surface area contributed by atoms with Gasteiger partial charge < -0.3 is 4.90 Å². The number of imide groups is 1. The number of carbonyl (C=O) groups is 3. The molecular formula is C28H20Br2N2O3. The number of hydrogen-bond acceptors (Lipinski definition) is 3.